The lowest BCUT2D eigenvalue weighted by Crippen LogP contribution is -2.17. The van der Waals surface area contributed by atoms with E-state index in [2.05, 4.69) is 20.3 Å². The highest BCUT2D eigenvalue weighted by atomic mass is 16.6. The molecule has 2 aliphatic rings. The van der Waals surface area contributed by atoms with Gasteiger partial charge in [-0.25, -0.2) is 4.63 Å². The van der Waals surface area contributed by atoms with Gasteiger partial charge in [-0.15, -0.1) is 0 Å². The Labute approximate surface area is 114 Å². The van der Waals surface area contributed by atoms with Crippen molar-refractivity contribution in [3.05, 3.63) is 22.2 Å². The summed E-state index contributed by atoms with van der Waals surface area (Å²) in [5.41, 5.74) is 1.78. The number of nitro groups is 1. The average Bonchev–Trinajstić information content (AvgIpc) is 3.33. The maximum Gasteiger partial charge on any atom is 0.300 e. The molecule has 7 heteroatoms. The number of hydrogen-bond donors (Lipinski definition) is 1. The Hall–Kier alpha value is -2.18. The molecule has 20 heavy (non-hydrogen) atoms. The van der Waals surface area contributed by atoms with E-state index in [1.54, 1.807) is 6.07 Å². The van der Waals surface area contributed by atoms with Crippen LogP contribution < -0.4 is 5.32 Å². The molecule has 4 rings (SSSR count). The molecule has 2 fully saturated rings. The Balaban J connectivity index is 1.62. The largest absolute Gasteiger partial charge is 0.383 e. The standard InChI is InChI=1S/C13H14N4O3/c18-17(19)10-4-3-9(11-12(10)16-20-15-11)14-7-13(5-6-13)8-1-2-8/h3-4,8,14H,1-2,5-7H2. The normalized spacial score (nSPS) is 20.0. The quantitative estimate of drug-likeness (QED) is 0.665. The molecule has 1 heterocycles. The van der Waals surface area contributed by atoms with E-state index in [-0.39, 0.29) is 11.2 Å². The van der Waals surface area contributed by atoms with Crippen molar-refractivity contribution in [2.75, 3.05) is 11.9 Å². The van der Waals surface area contributed by atoms with Crippen LogP contribution in [0.3, 0.4) is 0 Å². The van der Waals surface area contributed by atoms with Gasteiger partial charge in [0.15, 0.2) is 5.52 Å². The van der Waals surface area contributed by atoms with E-state index in [1.807, 2.05) is 0 Å². The Bertz CT molecular complexity index is 688. The van der Waals surface area contributed by atoms with Gasteiger partial charge >= 0.3 is 5.69 Å². The highest BCUT2D eigenvalue weighted by Crippen LogP contribution is 2.61. The minimum atomic E-state index is -0.469. The number of benzene rings is 1. The van der Waals surface area contributed by atoms with Crippen LogP contribution in [0.25, 0.3) is 11.0 Å². The van der Waals surface area contributed by atoms with E-state index in [0.29, 0.717) is 10.9 Å². The van der Waals surface area contributed by atoms with Gasteiger partial charge in [-0.2, -0.15) is 0 Å². The molecule has 1 aromatic carbocycles. The van der Waals surface area contributed by atoms with E-state index in [4.69, 9.17) is 0 Å². The molecular formula is C13H14N4O3. The summed E-state index contributed by atoms with van der Waals surface area (Å²) in [6.45, 7) is 0.900. The number of nitrogens with zero attached hydrogens (tertiary/aromatic N) is 3. The lowest BCUT2D eigenvalue weighted by atomic mass is 10.0. The minimum Gasteiger partial charge on any atom is -0.383 e. The number of fused-ring (bicyclic) bond motifs is 1. The first-order chi connectivity index (χ1) is 9.70. The van der Waals surface area contributed by atoms with Crippen LogP contribution in [0.2, 0.25) is 0 Å². The summed E-state index contributed by atoms with van der Waals surface area (Å²) in [6, 6.07) is 3.14. The molecule has 2 aliphatic carbocycles. The maximum atomic E-state index is 10.9. The van der Waals surface area contributed by atoms with Gasteiger partial charge in [0.1, 0.15) is 0 Å². The van der Waals surface area contributed by atoms with Crippen molar-refractivity contribution in [3.8, 4) is 0 Å². The predicted molar refractivity (Wildman–Crippen MR) is 71.3 cm³/mol. The van der Waals surface area contributed by atoms with Gasteiger partial charge in [-0.05, 0) is 53.4 Å². The van der Waals surface area contributed by atoms with Crippen LogP contribution >= 0.6 is 0 Å². The zero-order valence-electron chi connectivity index (χ0n) is 10.8. The summed E-state index contributed by atoms with van der Waals surface area (Å²) in [4.78, 5) is 10.5. The molecule has 104 valence electrons. The van der Waals surface area contributed by atoms with Gasteiger partial charge in [0, 0.05) is 12.6 Å². The molecule has 0 bridgehead atoms. The van der Waals surface area contributed by atoms with Crippen molar-refractivity contribution >= 4 is 22.4 Å². The third-order valence-corrected chi connectivity index (χ3v) is 4.56. The second kappa shape index (κ2) is 3.91. The number of nitro benzene ring substituents is 1. The predicted octanol–water partition coefficient (Wildman–Crippen LogP) is 2.73. The summed E-state index contributed by atoms with van der Waals surface area (Å²) in [7, 11) is 0. The first-order valence-electron chi connectivity index (χ1n) is 6.83. The van der Waals surface area contributed by atoms with Gasteiger partial charge in [0.2, 0.25) is 5.52 Å². The van der Waals surface area contributed by atoms with E-state index < -0.39 is 4.92 Å². The summed E-state index contributed by atoms with van der Waals surface area (Å²) in [6.07, 6.45) is 5.22. The molecule has 0 atom stereocenters. The molecule has 0 saturated heterocycles. The molecule has 7 nitrogen and oxygen atoms in total. The molecular weight excluding hydrogens is 260 g/mol. The van der Waals surface area contributed by atoms with Crippen molar-refractivity contribution in [2.45, 2.75) is 25.7 Å². The molecule has 0 spiro atoms. The Morgan fingerprint density at radius 1 is 1.35 bits per heavy atom. The highest BCUT2D eigenvalue weighted by molar-refractivity contribution is 5.93. The zero-order valence-corrected chi connectivity index (χ0v) is 10.8. The van der Waals surface area contributed by atoms with Gasteiger partial charge in [-0.1, -0.05) is 0 Å². The van der Waals surface area contributed by atoms with Crippen LogP contribution in [-0.2, 0) is 0 Å². The van der Waals surface area contributed by atoms with Crippen molar-refractivity contribution in [1.29, 1.82) is 0 Å². The molecule has 1 N–H and O–H groups in total. The summed E-state index contributed by atoms with van der Waals surface area (Å²) in [5, 5.41) is 21.7. The fraction of sp³-hybridized carbons (Fsp3) is 0.538. The van der Waals surface area contributed by atoms with Crippen LogP contribution in [0.15, 0.2) is 16.8 Å². The van der Waals surface area contributed by atoms with E-state index in [0.717, 1.165) is 18.2 Å². The summed E-state index contributed by atoms with van der Waals surface area (Å²) in [5.74, 6) is 0.860. The van der Waals surface area contributed by atoms with Crippen molar-refractivity contribution in [1.82, 2.24) is 10.3 Å². The minimum absolute atomic E-state index is 0.0740. The van der Waals surface area contributed by atoms with Gasteiger partial charge in [-0.3, -0.25) is 10.1 Å². The Morgan fingerprint density at radius 3 is 2.75 bits per heavy atom. The SMILES string of the molecule is O=[N+]([O-])c1ccc(NCC2(C3CC3)CC2)c2nonc12. The molecule has 0 radical (unpaired) electrons. The Kier molecular flexibility index (Phi) is 2.27. The third-order valence-electron chi connectivity index (χ3n) is 4.56. The number of non-ortho nitro benzene ring substituents is 1. The number of rotatable bonds is 5. The van der Waals surface area contributed by atoms with Crippen LogP contribution in [0.5, 0.6) is 0 Å². The van der Waals surface area contributed by atoms with Crippen LogP contribution in [0.1, 0.15) is 25.7 Å². The summed E-state index contributed by atoms with van der Waals surface area (Å²) >= 11 is 0. The number of hydrogen-bond acceptors (Lipinski definition) is 6. The lowest BCUT2D eigenvalue weighted by molar-refractivity contribution is -0.383. The number of anilines is 1. The zero-order chi connectivity index (χ0) is 13.7. The van der Waals surface area contributed by atoms with Crippen LogP contribution in [-0.4, -0.2) is 21.8 Å². The second-order valence-electron chi connectivity index (χ2n) is 5.84. The fourth-order valence-corrected chi connectivity index (χ4v) is 3.00. The number of aromatic nitrogens is 2. The molecule has 2 aromatic rings. The molecule has 0 aliphatic heterocycles. The third kappa shape index (κ3) is 1.73. The monoisotopic (exact) mass is 274 g/mol. The van der Waals surface area contributed by atoms with E-state index in [9.17, 15) is 10.1 Å². The molecule has 0 unspecified atom stereocenters. The Morgan fingerprint density at radius 2 is 2.10 bits per heavy atom. The van der Waals surface area contributed by atoms with Crippen LogP contribution in [0, 0.1) is 21.4 Å². The lowest BCUT2D eigenvalue weighted by Gasteiger charge is -2.15. The average molecular weight is 274 g/mol. The second-order valence-corrected chi connectivity index (χ2v) is 5.84. The fourth-order valence-electron chi connectivity index (χ4n) is 3.00. The van der Waals surface area contributed by atoms with Crippen LogP contribution in [0.4, 0.5) is 11.4 Å². The van der Waals surface area contributed by atoms with Crippen molar-refractivity contribution in [2.24, 2.45) is 11.3 Å². The van der Waals surface area contributed by atoms with E-state index in [1.165, 1.54) is 31.7 Å². The maximum absolute atomic E-state index is 10.9. The smallest absolute Gasteiger partial charge is 0.300 e. The molecule has 2 saturated carbocycles. The first kappa shape index (κ1) is 11.6. The molecule has 1 aromatic heterocycles. The number of nitrogens with one attached hydrogen (secondary N) is 1. The topological polar surface area (TPSA) is 94.1 Å². The molecule has 0 amide bonds. The highest BCUT2D eigenvalue weighted by Gasteiger charge is 2.53. The van der Waals surface area contributed by atoms with Gasteiger partial charge < -0.3 is 5.32 Å². The first-order valence-corrected chi connectivity index (χ1v) is 6.83. The van der Waals surface area contributed by atoms with Gasteiger partial charge in [0.05, 0.1) is 10.6 Å². The summed E-state index contributed by atoms with van der Waals surface area (Å²) < 4.78 is 4.66. The van der Waals surface area contributed by atoms with Crippen molar-refractivity contribution in [3.63, 3.8) is 0 Å². The van der Waals surface area contributed by atoms with Gasteiger partial charge in [0.25, 0.3) is 0 Å². The van der Waals surface area contributed by atoms with Crippen molar-refractivity contribution < 1.29 is 9.55 Å². The van der Waals surface area contributed by atoms with E-state index >= 15 is 0 Å².